The molecule has 0 saturated heterocycles. The Kier molecular flexibility index (Phi) is 3.85. The highest BCUT2D eigenvalue weighted by atomic mass is 32.1. The van der Waals surface area contributed by atoms with E-state index < -0.39 is 0 Å². The maximum atomic E-state index is 8.67. The normalized spacial score (nSPS) is 8.62. The van der Waals surface area contributed by atoms with Crippen LogP contribution in [0.3, 0.4) is 0 Å². The van der Waals surface area contributed by atoms with E-state index in [1.807, 2.05) is 22.9 Å². The molecule has 0 amide bonds. The molecule has 2 nitrogen and oxygen atoms in total. The summed E-state index contributed by atoms with van der Waals surface area (Å²) in [7, 11) is 0. The topological polar surface area (TPSA) is 40.5 Å². The molecule has 3 heteroatoms. The number of benzene rings is 1. The molecule has 1 aromatic heterocycles. The van der Waals surface area contributed by atoms with Gasteiger partial charge in [-0.05, 0) is 22.9 Å². The smallest absolute Gasteiger partial charge is 0.157 e. The molecule has 2 aromatic rings. The molecule has 68 valence electrons. The molecule has 0 bridgehead atoms. The van der Waals surface area contributed by atoms with Crippen LogP contribution in [0.5, 0.6) is 11.5 Å². The van der Waals surface area contributed by atoms with E-state index in [2.05, 4.69) is 0 Å². The zero-order valence-electron chi connectivity index (χ0n) is 6.92. The minimum atomic E-state index is -0.0764. The van der Waals surface area contributed by atoms with Gasteiger partial charge >= 0.3 is 0 Å². The third-order valence-electron chi connectivity index (χ3n) is 1.31. The second kappa shape index (κ2) is 5.22. The zero-order valence-corrected chi connectivity index (χ0v) is 7.74. The van der Waals surface area contributed by atoms with E-state index in [1.54, 1.807) is 23.5 Å². The molecule has 0 aliphatic heterocycles. The summed E-state index contributed by atoms with van der Waals surface area (Å²) in [5.41, 5.74) is 0. The molecule has 0 unspecified atom stereocenters. The number of hydrogen-bond acceptors (Lipinski definition) is 3. The van der Waals surface area contributed by atoms with Gasteiger partial charge in [0.25, 0.3) is 0 Å². The molecule has 2 rings (SSSR count). The van der Waals surface area contributed by atoms with E-state index in [1.165, 1.54) is 12.1 Å². The van der Waals surface area contributed by atoms with Gasteiger partial charge in [0, 0.05) is 0 Å². The SMILES string of the molecule is Oc1ccccc1O.c1ccsc1. The number of hydrogen-bond donors (Lipinski definition) is 2. The van der Waals surface area contributed by atoms with Crippen molar-refractivity contribution in [2.75, 3.05) is 0 Å². The van der Waals surface area contributed by atoms with E-state index in [0.29, 0.717) is 0 Å². The number of para-hydroxylation sites is 2. The predicted octanol–water partition coefficient (Wildman–Crippen LogP) is 2.85. The van der Waals surface area contributed by atoms with Crippen LogP contribution in [0.15, 0.2) is 47.2 Å². The lowest BCUT2D eigenvalue weighted by atomic mass is 10.3. The van der Waals surface area contributed by atoms with Crippen molar-refractivity contribution in [2.45, 2.75) is 0 Å². The highest BCUT2D eigenvalue weighted by Gasteiger charge is 1.90. The van der Waals surface area contributed by atoms with Gasteiger partial charge in [-0.1, -0.05) is 24.3 Å². The predicted molar refractivity (Wildman–Crippen MR) is 54.1 cm³/mol. The standard InChI is InChI=1S/C6H6O2.C4H4S/c7-5-3-1-2-4-6(5)8;1-2-4-5-3-1/h1-4,7-8H;1-4H. The lowest BCUT2D eigenvalue weighted by Crippen LogP contribution is -1.63. The van der Waals surface area contributed by atoms with Gasteiger partial charge in [0.1, 0.15) is 0 Å². The lowest BCUT2D eigenvalue weighted by Gasteiger charge is -1.91. The summed E-state index contributed by atoms with van der Waals surface area (Å²) in [6.45, 7) is 0. The number of phenolic OH excluding ortho intramolecular Hbond substituents is 2. The summed E-state index contributed by atoms with van der Waals surface area (Å²) in [4.78, 5) is 0. The Morgan fingerprint density at radius 3 is 1.46 bits per heavy atom. The Balaban J connectivity index is 0.000000145. The molecule has 0 aliphatic carbocycles. The van der Waals surface area contributed by atoms with Gasteiger partial charge in [-0.3, -0.25) is 0 Å². The molecule has 0 fully saturated rings. The molecular formula is C10H10O2S. The summed E-state index contributed by atoms with van der Waals surface area (Å²) in [5, 5.41) is 21.4. The largest absolute Gasteiger partial charge is 0.504 e. The van der Waals surface area contributed by atoms with Gasteiger partial charge in [-0.15, -0.1) is 0 Å². The van der Waals surface area contributed by atoms with Crippen molar-refractivity contribution in [3.63, 3.8) is 0 Å². The molecule has 0 atom stereocenters. The average Bonchev–Trinajstić information content (AvgIpc) is 2.68. The van der Waals surface area contributed by atoms with E-state index in [-0.39, 0.29) is 11.5 Å². The average molecular weight is 194 g/mol. The summed E-state index contributed by atoms with van der Waals surface area (Å²) >= 11 is 1.71. The molecule has 2 N–H and O–H groups in total. The molecule has 13 heavy (non-hydrogen) atoms. The summed E-state index contributed by atoms with van der Waals surface area (Å²) in [6, 6.07) is 10.2. The Bertz CT molecular complexity index is 292. The van der Waals surface area contributed by atoms with Gasteiger partial charge < -0.3 is 10.2 Å². The quantitative estimate of drug-likeness (QED) is 0.633. The fourth-order valence-electron chi connectivity index (χ4n) is 0.691. The lowest BCUT2D eigenvalue weighted by molar-refractivity contribution is 0.404. The minimum Gasteiger partial charge on any atom is -0.504 e. The van der Waals surface area contributed by atoms with Crippen LogP contribution in [-0.2, 0) is 0 Å². The first-order valence-corrected chi connectivity index (χ1v) is 4.69. The summed E-state index contributed by atoms with van der Waals surface area (Å²) < 4.78 is 0. The monoisotopic (exact) mass is 194 g/mol. The number of phenols is 2. The Labute approximate surface area is 80.7 Å². The molecule has 0 radical (unpaired) electrons. The molecule has 0 aliphatic rings. The maximum absolute atomic E-state index is 8.67. The van der Waals surface area contributed by atoms with Crippen molar-refractivity contribution in [3.05, 3.63) is 47.2 Å². The van der Waals surface area contributed by atoms with E-state index >= 15 is 0 Å². The van der Waals surface area contributed by atoms with E-state index in [4.69, 9.17) is 10.2 Å². The number of rotatable bonds is 0. The Morgan fingerprint density at radius 1 is 0.769 bits per heavy atom. The fraction of sp³-hybridized carbons (Fsp3) is 0. The second-order valence-corrected chi connectivity index (χ2v) is 3.10. The van der Waals surface area contributed by atoms with Gasteiger partial charge in [-0.25, -0.2) is 0 Å². The van der Waals surface area contributed by atoms with Crippen LogP contribution in [0, 0.1) is 0 Å². The Hall–Kier alpha value is -1.48. The third kappa shape index (κ3) is 3.62. The first-order valence-electron chi connectivity index (χ1n) is 3.75. The fourth-order valence-corrected chi connectivity index (χ4v) is 1.14. The van der Waals surface area contributed by atoms with Crippen LogP contribution >= 0.6 is 11.3 Å². The van der Waals surface area contributed by atoms with Crippen molar-refractivity contribution in [2.24, 2.45) is 0 Å². The number of aromatic hydroxyl groups is 2. The van der Waals surface area contributed by atoms with Crippen LogP contribution in [-0.4, -0.2) is 10.2 Å². The van der Waals surface area contributed by atoms with Crippen LogP contribution in [0.1, 0.15) is 0 Å². The molecular weight excluding hydrogens is 184 g/mol. The molecule has 1 heterocycles. The van der Waals surface area contributed by atoms with Gasteiger partial charge in [0.05, 0.1) is 0 Å². The highest BCUT2D eigenvalue weighted by molar-refractivity contribution is 7.07. The zero-order chi connectivity index (χ0) is 9.52. The van der Waals surface area contributed by atoms with E-state index in [0.717, 1.165) is 0 Å². The third-order valence-corrected chi connectivity index (χ3v) is 1.94. The van der Waals surface area contributed by atoms with Crippen molar-refractivity contribution in [1.82, 2.24) is 0 Å². The van der Waals surface area contributed by atoms with Crippen LogP contribution in [0.4, 0.5) is 0 Å². The molecule has 1 aromatic carbocycles. The van der Waals surface area contributed by atoms with E-state index in [9.17, 15) is 0 Å². The van der Waals surface area contributed by atoms with Gasteiger partial charge in [0.15, 0.2) is 11.5 Å². The molecule has 0 saturated carbocycles. The first-order chi connectivity index (χ1) is 6.30. The number of thiophene rings is 1. The van der Waals surface area contributed by atoms with Crippen molar-refractivity contribution in [3.8, 4) is 11.5 Å². The molecule has 0 spiro atoms. The summed E-state index contributed by atoms with van der Waals surface area (Å²) in [6.07, 6.45) is 0. The Morgan fingerprint density at radius 2 is 1.23 bits per heavy atom. The van der Waals surface area contributed by atoms with Crippen LogP contribution < -0.4 is 0 Å². The van der Waals surface area contributed by atoms with Gasteiger partial charge in [0.2, 0.25) is 0 Å². The van der Waals surface area contributed by atoms with Crippen molar-refractivity contribution in [1.29, 1.82) is 0 Å². The van der Waals surface area contributed by atoms with Gasteiger partial charge in [-0.2, -0.15) is 11.3 Å². The van der Waals surface area contributed by atoms with Crippen LogP contribution in [0.2, 0.25) is 0 Å². The second-order valence-electron chi connectivity index (χ2n) is 2.28. The minimum absolute atomic E-state index is 0.0764. The maximum Gasteiger partial charge on any atom is 0.157 e. The summed E-state index contributed by atoms with van der Waals surface area (Å²) in [5.74, 6) is -0.153. The van der Waals surface area contributed by atoms with Crippen molar-refractivity contribution >= 4 is 11.3 Å². The van der Waals surface area contributed by atoms with Crippen molar-refractivity contribution < 1.29 is 10.2 Å². The van der Waals surface area contributed by atoms with Crippen LogP contribution in [0.25, 0.3) is 0 Å². The highest BCUT2D eigenvalue weighted by Crippen LogP contribution is 2.21. The first kappa shape index (κ1) is 9.61.